The molecule has 0 heterocycles. The number of carbonyl (C=O) groups excluding carboxylic acids is 1. The van der Waals surface area contributed by atoms with E-state index in [9.17, 15) is 26.4 Å². The quantitative estimate of drug-likeness (QED) is 0.244. The molecule has 5 nitrogen and oxygen atoms in total. The van der Waals surface area contributed by atoms with Gasteiger partial charge in [0.25, 0.3) is 0 Å². The second-order valence-electron chi connectivity index (χ2n) is 9.03. The number of rotatable bonds is 13. The van der Waals surface area contributed by atoms with Crippen LogP contribution >= 0.6 is 23.2 Å². The van der Waals surface area contributed by atoms with Crippen LogP contribution in [0.5, 0.6) is 5.75 Å². The molecule has 3 rings (SSSR count). The maximum atomic E-state index is 12.6. The van der Waals surface area contributed by atoms with Crippen LogP contribution in [0.3, 0.4) is 0 Å². The van der Waals surface area contributed by atoms with Crippen molar-refractivity contribution in [2.45, 2.75) is 37.5 Å². The van der Waals surface area contributed by atoms with Crippen LogP contribution in [-0.4, -0.2) is 49.7 Å². The fourth-order valence-corrected chi connectivity index (χ4v) is 5.40. The van der Waals surface area contributed by atoms with Crippen LogP contribution in [0.15, 0.2) is 72.8 Å². The molecule has 210 valence electrons. The van der Waals surface area contributed by atoms with Crippen molar-refractivity contribution < 1.29 is 36.2 Å². The summed E-state index contributed by atoms with van der Waals surface area (Å²) in [7, 11) is -3.42. The van der Waals surface area contributed by atoms with E-state index in [4.69, 9.17) is 33.0 Å². The van der Waals surface area contributed by atoms with Crippen molar-refractivity contribution >= 4 is 38.8 Å². The molecular weight excluding hydrogens is 576 g/mol. The molecule has 0 fully saturated rings. The van der Waals surface area contributed by atoms with Gasteiger partial charge in [0.1, 0.15) is 12.4 Å². The molecule has 1 N–H and O–H groups in total. The fraction of sp³-hybridized carbons (Fsp3) is 0.321. The summed E-state index contributed by atoms with van der Waals surface area (Å²) in [5.41, 5.74) is 2.29. The first-order valence-electron chi connectivity index (χ1n) is 12.0. The maximum absolute atomic E-state index is 12.6. The second-order valence-corrected chi connectivity index (χ2v) is 12.2. The van der Waals surface area contributed by atoms with E-state index in [2.05, 4.69) is 0 Å². The minimum atomic E-state index is -5.02. The molecule has 0 aliphatic heterocycles. The van der Waals surface area contributed by atoms with E-state index in [0.717, 1.165) is 11.1 Å². The number of hydrogen-bond acceptors (Lipinski definition) is 5. The Hall–Kier alpha value is -2.59. The van der Waals surface area contributed by atoms with Gasteiger partial charge in [0.15, 0.2) is 15.6 Å². The number of aliphatic hydroxyl groups is 1. The van der Waals surface area contributed by atoms with E-state index in [1.807, 2.05) is 24.3 Å². The number of alkyl halides is 3. The van der Waals surface area contributed by atoms with E-state index >= 15 is 0 Å². The lowest BCUT2D eigenvalue weighted by molar-refractivity contribution is -0.203. The van der Waals surface area contributed by atoms with Gasteiger partial charge in [0, 0.05) is 22.4 Å². The molecule has 11 heteroatoms. The Labute approximate surface area is 235 Å². The van der Waals surface area contributed by atoms with E-state index in [-0.39, 0.29) is 29.6 Å². The second kappa shape index (κ2) is 13.7. The number of Topliss-reactive ketones (excluding diaryl/α,β-unsaturated/α-hetero) is 1. The van der Waals surface area contributed by atoms with E-state index in [1.165, 1.54) is 24.3 Å². The Morgan fingerprint density at radius 1 is 0.846 bits per heavy atom. The Kier molecular flexibility index (Phi) is 10.8. The van der Waals surface area contributed by atoms with E-state index in [0.29, 0.717) is 28.6 Å². The predicted octanol–water partition coefficient (Wildman–Crippen LogP) is 6.43. The first-order valence-corrected chi connectivity index (χ1v) is 14.6. The summed E-state index contributed by atoms with van der Waals surface area (Å²) in [4.78, 5) is 11.6. The Morgan fingerprint density at radius 3 is 1.85 bits per heavy atom. The van der Waals surface area contributed by atoms with Crippen LogP contribution in [0.1, 0.15) is 35.4 Å². The summed E-state index contributed by atoms with van der Waals surface area (Å²) in [6.45, 7) is -0.106. The third-order valence-electron chi connectivity index (χ3n) is 6.07. The third-order valence-corrected chi connectivity index (χ3v) is 8.28. The molecule has 0 aliphatic rings. The van der Waals surface area contributed by atoms with Crippen molar-refractivity contribution in [1.82, 2.24) is 0 Å². The summed E-state index contributed by atoms with van der Waals surface area (Å²) in [6.07, 6.45) is -7.64. The molecule has 0 bridgehead atoms. The van der Waals surface area contributed by atoms with Gasteiger partial charge in [-0.15, -0.1) is 0 Å². The number of aliphatic hydroxyl groups excluding tert-OH is 1. The lowest BCUT2D eigenvalue weighted by Gasteiger charge is -2.18. The van der Waals surface area contributed by atoms with Crippen LogP contribution in [-0.2, 0) is 21.1 Å². The van der Waals surface area contributed by atoms with Gasteiger partial charge in [-0.3, -0.25) is 4.79 Å². The first kappa shape index (κ1) is 30.9. The molecule has 0 radical (unpaired) electrons. The largest absolute Gasteiger partial charge is 0.493 e. The highest BCUT2D eigenvalue weighted by molar-refractivity contribution is 7.91. The molecule has 3 aromatic carbocycles. The molecule has 0 spiro atoms. The minimum absolute atomic E-state index is 0.0311. The lowest BCUT2D eigenvalue weighted by Crippen LogP contribution is -2.37. The van der Waals surface area contributed by atoms with Gasteiger partial charge in [-0.1, -0.05) is 59.6 Å². The number of ether oxygens (including phenoxy) is 1. The summed E-state index contributed by atoms with van der Waals surface area (Å²) in [5.74, 6) is -1.33. The summed E-state index contributed by atoms with van der Waals surface area (Å²) in [6, 6.07) is 20.5. The van der Waals surface area contributed by atoms with Crippen LogP contribution in [0.2, 0.25) is 10.0 Å². The first-order chi connectivity index (χ1) is 18.3. The van der Waals surface area contributed by atoms with Gasteiger partial charge in [-0.2, -0.15) is 13.2 Å². The molecule has 39 heavy (non-hydrogen) atoms. The zero-order valence-corrected chi connectivity index (χ0v) is 23.0. The SMILES string of the molecule is O=C(Cc1ccc(OCCS(=O)(=O)CCCC(c2ccc(Cl)cc2)c2ccc(Cl)cc2)cc1)C(O)C(F)(F)F. The number of ketones is 1. The molecular formula is C28H27Cl2F3O5S. The van der Waals surface area contributed by atoms with Crippen LogP contribution in [0.25, 0.3) is 0 Å². The fourth-order valence-electron chi connectivity index (χ4n) is 4.00. The topological polar surface area (TPSA) is 80.7 Å². The van der Waals surface area contributed by atoms with Gasteiger partial charge < -0.3 is 9.84 Å². The smallest absolute Gasteiger partial charge is 0.421 e. The van der Waals surface area contributed by atoms with Gasteiger partial charge in [-0.25, -0.2) is 8.42 Å². The Morgan fingerprint density at radius 2 is 1.36 bits per heavy atom. The predicted molar refractivity (Wildman–Crippen MR) is 145 cm³/mol. The van der Waals surface area contributed by atoms with Gasteiger partial charge in [0.2, 0.25) is 6.10 Å². The highest BCUT2D eigenvalue weighted by Crippen LogP contribution is 2.31. The molecule has 1 atom stereocenters. The molecule has 3 aromatic rings. The third kappa shape index (κ3) is 9.83. The number of hydrogen-bond donors (Lipinski definition) is 1. The summed E-state index contributed by atoms with van der Waals surface area (Å²) >= 11 is 12.1. The maximum Gasteiger partial charge on any atom is 0.421 e. The van der Waals surface area contributed by atoms with Crippen molar-refractivity contribution in [3.8, 4) is 5.75 Å². The average molecular weight is 603 g/mol. The van der Waals surface area contributed by atoms with Gasteiger partial charge >= 0.3 is 6.18 Å². The Bertz CT molecular complexity index is 1280. The number of benzene rings is 3. The van der Waals surface area contributed by atoms with Crippen molar-refractivity contribution in [3.05, 3.63) is 99.5 Å². The zero-order chi connectivity index (χ0) is 28.6. The minimum Gasteiger partial charge on any atom is -0.493 e. The van der Waals surface area contributed by atoms with Crippen LogP contribution in [0, 0.1) is 0 Å². The highest BCUT2D eigenvalue weighted by Gasteiger charge is 2.42. The van der Waals surface area contributed by atoms with Crippen molar-refractivity contribution in [2.24, 2.45) is 0 Å². The molecule has 0 aliphatic carbocycles. The normalized spacial score (nSPS) is 12.9. The van der Waals surface area contributed by atoms with Crippen molar-refractivity contribution in [3.63, 3.8) is 0 Å². The highest BCUT2D eigenvalue weighted by atomic mass is 35.5. The van der Waals surface area contributed by atoms with Gasteiger partial charge in [-0.05, 0) is 65.9 Å². The van der Waals surface area contributed by atoms with Crippen molar-refractivity contribution in [2.75, 3.05) is 18.1 Å². The monoisotopic (exact) mass is 602 g/mol. The molecule has 1 unspecified atom stereocenters. The summed E-state index contributed by atoms with van der Waals surface area (Å²) in [5, 5.41) is 10.2. The van der Waals surface area contributed by atoms with Crippen LogP contribution in [0.4, 0.5) is 13.2 Å². The number of carbonyl (C=O) groups is 1. The van der Waals surface area contributed by atoms with E-state index in [1.54, 1.807) is 24.3 Å². The molecule has 0 aromatic heterocycles. The van der Waals surface area contributed by atoms with E-state index < -0.39 is 34.3 Å². The van der Waals surface area contributed by atoms with Gasteiger partial charge in [0.05, 0.1) is 11.5 Å². The number of halogens is 5. The average Bonchev–Trinajstić information content (AvgIpc) is 2.88. The standard InChI is InChI=1S/C28H27Cl2F3O5S/c29-22-9-5-20(6-10-22)25(21-7-11-23(30)12-8-21)2-1-16-39(36,37)17-15-38-24-13-3-19(4-14-24)18-26(34)27(35)28(31,32)33/h3-14,25,27,35H,1-2,15-18H2. The summed E-state index contributed by atoms with van der Waals surface area (Å²) < 4.78 is 68.1. The molecule has 0 saturated heterocycles. The molecule has 0 amide bonds. The van der Waals surface area contributed by atoms with Crippen LogP contribution < -0.4 is 4.74 Å². The zero-order valence-electron chi connectivity index (χ0n) is 20.7. The Balaban J connectivity index is 1.50. The van der Waals surface area contributed by atoms with Crippen molar-refractivity contribution in [1.29, 1.82) is 0 Å². The lowest BCUT2D eigenvalue weighted by atomic mass is 9.88. The molecule has 0 saturated carbocycles. The number of sulfone groups is 1.